The van der Waals surface area contributed by atoms with Crippen molar-refractivity contribution in [1.29, 1.82) is 0 Å². The molecule has 0 bridgehead atoms. The molecule has 2 aromatic carbocycles. The molecule has 1 nitrogen and oxygen atoms in total. The first-order valence-corrected chi connectivity index (χ1v) is 11.2. The summed E-state index contributed by atoms with van der Waals surface area (Å²) >= 11 is 0. The van der Waals surface area contributed by atoms with E-state index >= 15 is 0 Å². The van der Waals surface area contributed by atoms with Gasteiger partial charge in [0.25, 0.3) is 0 Å². The summed E-state index contributed by atoms with van der Waals surface area (Å²) in [6.07, 6.45) is 13.3. The Morgan fingerprint density at radius 3 is 2.23 bits per heavy atom. The van der Waals surface area contributed by atoms with E-state index in [4.69, 9.17) is 6.42 Å². The molecule has 0 heterocycles. The molecule has 0 aliphatic rings. The van der Waals surface area contributed by atoms with Gasteiger partial charge in [-0.05, 0) is 66.7 Å². The van der Waals surface area contributed by atoms with Crippen molar-refractivity contribution in [1.82, 2.24) is 5.32 Å². The Bertz CT molecular complexity index is 798. The molecule has 1 unspecified atom stereocenters. The van der Waals surface area contributed by atoms with E-state index in [-0.39, 0.29) is 5.82 Å². The van der Waals surface area contributed by atoms with E-state index in [0.717, 1.165) is 49.0 Å². The van der Waals surface area contributed by atoms with Gasteiger partial charge in [-0.3, -0.25) is 0 Å². The molecule has 1 N–H and O–H groups in total. The van der Waals surface area contributed by atoms with Gasteiger partial charge in [0.1, 0.15) is 5.82 Å². The summed E-state index contributed by atoms with van der Waals surface area (Å²) < 4.78 is 13.5. The lowest BCUT2D eigenvalue weighted by Gasteiger charge is -2.32. The average Bonchev–Trinajstić information content (AvgIpc) is 2.80. The second-order valence-corrected chi connectivity index (χ2v) is 7.49. The summed E-state index contributed by atoms with van der Waals surface area (Å²) in [5.41, 5.74) is 3.85. The summed E-state index contributed by atoms with van der Waals surface area (Å²) in [5.74, 6) is 2.84. The predicted octanol–water partition coefficient (Wildman–Crippen LogP) is 7.15. The minimum Gasteiger partial charge on any atom is -0.317 e. The van der Waals surface area contributed by atoms with E-state index in [9.17, 15) is 4.39 Å². The van der Waals surface area contributed by atoms with Gasteiger partial charge in [-0.15, -0.1) is 6.42 Å². The zero-order valence-electron chi connectivity index (χ0n) is 19.2. The number of unbranched alkanes of at least 4 members (excludes halogenated alkanes) is 1. The molecule has 0 amide bonds. The molecule has 0 aromatic heterocycles. The molecule has 1 atom stereocenters. The minimum absolute atomic E-state index is 0.245. The third kappa shape index (κ3) is 6.85. The number of nitrogens with one attached hydrogen (secondary N) is 1. The van der Waals surface area contributed by atoms with Crippen LogP contribution in [0.2, 0.25) is 0 Å². The van der Waals surface area contributed by atoms with Gasteiger partial charge in [0.2, 0.25) is 0 Å². The first-order chi connectivity index (χ1) is 14.5. The standard InChI is InChI=1S/C24H28FN.C4H10/c1-5-19-10-15-23(20(6-2)18-19)24(7-3,16-9-17-26-8-4)21-11-13-22(25)14-12-21;1-3-4-2/h3,5,10-15,18,26H,1,6,8-9,16-17H2,2,4H3;3-4H2,1-2H3. The average molecular weight is 408 g/mol. The number of hydrogen-bond acceptors (Lipinski definition) is 1. The molecular weight excluding hydrogens is 369 g/mol. The Kier molecular flexibility index (Phi) is 11.8. The number of halogens is 1. The molecule has 2 heteroatoms. The van der Waals surface area contributed by atoms with E-state index < -0.39 is 5.41 Å². The molecule has 0 fully saturated rings. The molecule has 30 heavy (non-hydrogen) atoms. The number of rotatable bonds is 10. The number of terminal acetylenes is 1. The van der Waals surface area contributed by atoms with Gasteiger partial charge in [0, 0.05) is 0 Å². The van der Waals surface area contributed by atoms with Crippen LogP contribution in [-0.4, -0.2) is 13.1 Å². The molecular formula is C28H38FN. The molecule has 0 spiro atoms. The first kappa shape index (κ1) is 25.7. The zero-order chi connectivity index (χ0) is 22.4. The van der Waals surface area contributed by atoms with Crippen LogP contribution in [0.1, 0.15) is 75.6 Å². The van der Waals surface area contributed by atoms with Crippen LogP contribution < -0.4 is 5.32 Å². The fraction of sp³-hybridized carbons (Fsp3) is 0.429. The number of benzene rings is 2. The van der Waals surface area contributed by atoms with Crippen molar-refractivity contribution >= 4 is 6.08 Å². The number of hydrogen-bond donors (Lipinski definition) is 1. The molecule has 2 rings (SSSR count). The smallest absolute Gasteiger partial charge is 0.123 e. The Morgan fingerprint density at radius 1 is 1.07 bits per heavy atom. The summed E-state index contributed by atoms with van der Waals surface area (Å²) in [6.45, 7) is 14.3. The largest absolute Gasteiger partial charge is 0.317 e. The maximum atomic E-state index is 13.5. The monoisotopic (exact) mass is 407 g/mol. The van der Waals surface area contributed by atoms with Gasteiger partial charge in [-0.2, -0.15) is 0 Å². The quantitative estimate of drug-likeness (QED) is 0.326. The van der Waals surface area contributed by atoms with Crippen molar-refractivity contribution in [2.24, 2.45) is 0 Å². The predicted molar refractivity (Wildman–Crippen MR) is 130 cm³/mol. The van der Waals surface area contributed by atoms with Crippen molar-refractivity contribution in [2.45, 2.75) is 65.2 Å². The Balaban J connectivity index is 0.00000103. The fourth-order valence-corrected chi connectivity index (χ4v) is 3.51. The summed E-state index contributed by atoms with van der Waals surface area (Å²) in [6, 6.07) is 13.0. The Labute approximate surface area is 183 Å². The third-order valence-corrected chi connectivity index (χ3v) is 5.44. The molecule has 0 aliphatic carbocycles. The maximum Gasteiger partial charge on any atom is 0.123 e. The second-order valence-electron chi connectivity index (χ2n) is 7.49. The topological polar surface area (TPSA) is 12.0 Å². The van der Waals surface area contributed by atoms with Crippen LogP contribution in [0.15, 0.2) is 49.0 Å². The van der Waals surface area contributed by atoms with Crippen molar-refractivity contribution in [3.05, 3.63) is 77.1 Å². The molecule has 162 valence electrons. The van der Waals surface area contributed by atoms with Gasteiger partial charge < -0.3 is 5.32 Å². The summed E-state index contributed by atoms with van der Waals surface area (Å²) in [5, 5.41) is 3.36. The summed E-state index contributed by atoms with van der Waals surface area (Å²) in [7, 11) is 0. The minimum atomic E-state index is -0.561. The van der Waals surface area contributed by atoms with E-state index in [2.05, 4.69) is 63.7 Å². The highest BCUT2D eigenvalue weighted by atomic mass is 19.1. The highest BCUT2D eigenvalue weighted by Crippen LogP contribution is 2.39. The van der Waals surface area contributed by atoms with Crippen molar-refractivity contribution in [2.75, 3.05) is 13.1 Å². The maximum absolute atomic E-state index is 13.5. The molecule has 0 radical (unpaired) electrons. The normalized spacial score (nSPS) is 12.3. The van der Waals surface area contributed by atoms with Gasteiger partial charge in [0.05, 0.1) is 5.41 Å². The third-order valence-electron chi connectivity index (χ3n) is 5.44. The van der Waals surface area contributed by atoms with E-state index in [0.29, 0.717) is 0 Å². The highest BCUT2D eigenvalue weighted by Gasteiger charge is 2.33. The SMILES string of the molecule is C#CC(CCCNCC)(c1ccc(F)cc1)c1ccc(C=C)cc1CC.CCCC. The van der Waals surface area contributed by atoms with Gasteiger partial charge in [-0.1, -0.05) is 89.4 Å². The van der Waals surface area contributed by atoms with Crippen LogP contribution in [0.4, 0.5) is 4.39 Å². The van der Waals surface area contributed by atoms with Crippen molar-refractivity contribution in [3.63, 3.8) is 0 Å². The lowest BCUT2D eigenvalue weighted by Crippen LogP contribution is -2.29. The molecule has 2 aromatic rings. The van der Waals surface area contributed by atoms with Gasteiger partial charge >= 0.3 is 0 Å². The number of aryl methyl sites for hydroxylation is 1. The summed E-state index contributed by atoms with van der Waals surface area (Å²) in [4.78, 5) is 0. The van der Waals surface area contributed by atoms with Gasteiger partial charge in [-0.25, -0.2) is 4.39 Å². The highest BCUT2D eigenvalue weighted by molar-refractivity contribution is 5.56. The van der Waals surface area contributed by atoms with Crippen molar-refractivity contribution in [3.8, 4) is 12.3 Å². The zero-order valence-corrected chi connectivity index (χ0v) is 19.2. The Hall–Kier alpha value is -2.37. The van der Waals surface area contributed by atoms with E-state index in [1.54, 1.807) is 0 Å². The van der Waals surface area contributed by atoms with Crippen LogP contribution >= 0.6 is 0 Å². The Morgan fingerprint density at radius 2 is 1.73 bits per heavy atom. The molecule has 0 saturated heterocycles. The van der Waals surface area contributed by atoms with Crippen LogP contribution in [0.3, 0.4) is 0 Å². The van der Waals surface area contributed by atoms with Crippen LogP contribution in [-0.2, 0) is 11.8 Å². The molecule has 0 aliphatic heterocycles. The van der Waals surface area contributed by atoms with E-state index in [1.807, 2.05) is 18.2 Å². The van der Waals surface area contributed by atoms with Crippen LogP contribution in [0.25, 0.3) is 6.08 Å². The van der Waals surface area contributed by atoms with Crippen molar-refractivity contribution < 1.29 is 4.39 Å². The lowest BCUT2D eigenvalue weighted by atomic mass is 9.70. The van der Waals surface area contributed by atoms with Crippen LogP contribution in [0.5, 0.6) is 0 Å². The van der Waals surface area contributed by atoms with E-state index in [1.165, 1.54) is 30.5 Å². The fourth-order valence-electron chi connectivity index (χ4n) is 3.51. The van der Waals surface area contributed by atoms with Crippen LogP contribution in [0, 0.1) is 18.2 Å². The lowest BCUT2D eigenvalue weighted by molar-refractivity contribution is 0.537. The van der Waals surface area contributed by atoms with Gasteiger partial charge in [0.15, 0.2) is 0 Å². The molecule has 0 saturated carbocycles. The second kappa shape index (κ2) is 13.8. The first-order valence-electron chi connectivity index (χ1n) is 11.2.